The molecule has 2 N–H and O–H groups in total. The smallest absolute Gasteiger partial charge is 0.339 e. The number of rotatable bonds is 4. The Hall–Kier alpha value is -3.66. The summed E-state index contributed by atoms with van der Waals surface area (Å²) in [6.07, 6.45) is 1.57. The van der Waals surface area contributed by atoms with Crippen LogP contribution in [0.1, 0.15) is 10.4 Å². The van der Waals surface area contributed by atoms with Crippen molar-refractivity contribution < 1.29 is 9.90 Å². The number of hydrogen-bond acceptors (Lipinski definition) is 3. The topological polar surface area (TPSA) is 62.2 Å². The predicted molar refractivity (Wildman–Crippen MR) is 104 cm³/mol. The van der Waals surface area contributed by atoms with Gasteiger partial charge in [0.25, 0.3) is 0 Å². The summed E-state index contributed by atoms with van der Waals surface area (Å²) in [4.78, 5) is 15.5. The Balaban J connectivity index is 1.69. The molecule has 0 spiro atoms. The first-order chi connectivity index (χ1) is 12.7. The summed E-state index contributed by atoms with van der Waals surface area (Å²) >= 11 is 0. The summed E-state index contributed by atoms with van der Waals surface area (Å²) in [7, 11) is 0. The normalized spacial score (nSPS) is 10.6. The molecular formula is C22H16N2O2. The maximum Gasteiger partial charge on any atom is 0.339 e. The van der Waals surface area contributed by atoms with E-state index in [-0.39, 0.29) is 5.56 Å². The van der Waals surface area contributed by atoms with Crippen LogP contribution < -0.4 is 5.32 Å². The van der Waals surface area contributed by atoms with E-state index in [1.54, 1.807) is 12.3 Å². The Morgan fingerprint density at radius 3 is 2.46 bits per heavy atom. The highest BCUT2D eigenvalue weighted by Crippen LogP contribution is 2.28. The van der Waals surface area contributed by atoms with Gasteiger partial charge in [0.15, 0.2) is 0 Å². The molecular weight excluding hydrogens is 324 g/mol. The van der Waals surface area contributed by atoms with E-state index in [0.29, 0.717) is 5.82 Å². The molecule has 0 aliphatic heterocycles. The van der Waals surface area contributed by atoms with Crippen LogP contribution in [0.25, 0.3) is 21.9 Å². The molecule has 4 rings (SSSR count). The summed E-state index contributed by atoms with van der Waals surface area (Å²) in [6.45, 7) is 0. The molecule has 4 heteroatoms. The number of carbonyl (C=O) groups is 1. The lowest BCUT2D eigenvalue weighted by Gasteiger charge is -2.10. The highest BCUT2D eigenvalue weighted by atomic mass is 16.4. The van der Waals surface area contributed by atoms with Gasteiger partial charge in [0.05, 0.1) is 0 Å². The number of benzene rings is 3. The van der Waals surface area contributed by atoms with Gasteiger partial charge in [0.2, 0.25) is 0 Å². The van der Waals surface area contributed by atoms with Crippen molar-refractivity contribution in [2.45, 2.75) is 0 Å². The molecule has 4 nitrogen and oxygen atoms in total. The zero-order chi connectivity index (χ0) is 17.9. The number of hydrogen-bond donors (Lipinski definition) is 2. The largest absolute Gasteiger partial charge is 0.478 e. The molecule has 0 aliphatic rings. The van der Waals surface area contributed by atoms with E-state index in [2.05, 4.69) is 40.6 Å². The molecule has 0 saturated carbocycles. The Labute approximate surface area is 150 Å². The fraction of sp³-hybridized carbons (Fsp3) is 0. The van der Waals surface area contributed by atoms with Gasteiger partial charge in [-0.05, 0) is 52.2 Å². The Kier molecular flexibility index (Phi) is 4.07. The Morgan fingerprint density at radius 2 is 1.62 bits per heavy atom. The number of anilines is 2. The van der Waals surface area contributed by atoms with Crippen LogP contribution in [-0.2, 0) is 0 Å². The minimum Gasteiger partial charge on any atom is -0.478 e. The minimum atomic E-state index is -1.01. The maximum atomic E-state index is 11.3. The molecule has 0 saturated heterocycles. The lowest BCUT2D eigenvalue weighted by atomic mass is 10.0. The van der Waals surface area contributed by atoms with Crippen molar-refractivity contribution in [3.8, 4) is 11.1 Å². The van der Waals surface area contributed by atoms with Gasteiger partial charge < -0.3 is 10.4 Å². The van der Waals surface area contributed by atoms with Crippen LogP contribution in [0.2, 0.25) is 0 Å². The number of pyridine rings is 1. The van der Waals surface area contributed by atoms with Crippen molar-refractivity contribution in [3.05, 3.63) is 90.6 Å². The molecule has 3 aromatic carbocycles. The van der Waals surface area contributed by atoms with E-state index >= 15 is 0 Å². The van der Waals surface area contributed by atoms with E-state index in [9.17, 15) is 9.90 Å². The van der Waals surface area contributed by atoms with Gasteiger partial charge in [-0.3, -0.25) is 0 Å². The van der Waals surface area contributed by atoms with E-state index in [4.69, 9.17) is 0 Å². The van der Waals surface area contributed by atoms with Gasteiger partial charge in [-0.2, -0.15) is 0 Å². The maximum absolute atomic E-state index is 11.3. The molecule has 0 radical (unpaired) electrons. The van der Waals surface area contributed by atoms with Gasteiger partial charge in [-0.15, -0.1) is 0 Å². The van der Waals surface area contributed by atoms with Gasteiger partial charge in [-0.1, -0.05) is 48.5 Å². The highest BCUT2D eigenvalue weighted by Gasteiger charge is 2.11. The third-order valence-electron chi connectivity index (χ3n) is 4.25. The highest BCUT2D eigenvalue weighted by molar-refractivity contribution is 5.94. The van der Waals surface area contributed by atoms with Crippen LogP contribution in [0.3, 0.4) is 0 Å². The zero-order valence-electron chi connectivity index (χ0n) is 13.9. The second-order valence-corrected chi connectivity index (χ2v) is 5.97. The van der Waals surface area contributed by atoms with Gasteiger partial charge in [0.1, 0.15) is 11.4 Å². The van der Waals surface area contributed by atoms with Gasteiger partial charge in [0, 0.05) is 11.9 Å². The number of carboxylic acid groups (broad SMARTS) is 1. The van der Waals surface area contributed by atoms with Crippen LogP contribution in [0.5, 0.6) is 0 Å². The molecule has 126 valence electrons. The van der Waals surface area contributed by atoms with E-state index in [0.717, 1.165) is 16.8 Å². The van der Waals surface area contributed by atoms with Crippen molar-refractivity contribution in [2.75, 3.05) is 5.32 Å². The van der Waals surface area contributed by atoms with Crippen LogP contribution in [0.4, 0.5) is 11.5 Å². The third kappa shape index (κ3) is 3.13. The molecule has 26 heavy (non-hydrogen) atoms. The fourth-order valence-corrected chi connectivity index (χ4v) is 2.96. The van der Waals surface area contributed by atoms with Crippen LogP contribution in [0, 0.1) is 0 Å². The van der Waals surface area contributed by atoms with Crippen molar-refractivity contribution in [2.24, 2.45) is 0 Å². The summed E-state index contributed by atoms with van der Waals surface area (Å²) in [5.74, 6) is -0.679. The number of aromatic nitrogens is 1. The predicted octanol–water partition coefficient (Wildman–Crippen LogP) is 5.34. The monoisotopic (exact) mass is 340 g/mol. The lowest BCUT2D eigenvalue weighted by molar-refractivity contribution is 0.0697. The molecule has 1 heterocycles. The second-order valence-electron chi connectivity index (χ2n) is 5.97. The average Bonchev–Trinajstić information content (AvgIpc) is 2.68. The molecule has 0 bridgehead atoms. The number of carboxylic acids is 1. The van der Waals surface area contributed by atoms with Crippen molar-refractivity contribution in [1.29, 1.82) is 0 Å². The van der Waals surface area contributed by atoms with Crippen LogP contribution >= 0.6 is 0 Å². The molecule has 1 aromatic heterocycles. The molecule has 0 fully saturated rings. The summed E-state index contributed by atoms with van der Waals surface area (Å²) in [5.41, 5.74) is 3.08. The first kappa shape index (κ1) is 15.8. The molecule has 0 unspecified atom stereocenters. The number of nitrogens with one attached hydrogen (secondary N) is 1. The number of fused-ring (bicyclic) bond motifs is 1. The summed E-state index contributed by atoms with van der Waals surface area (Å²) in [5, 5.41) is 14.8. The molecule has 0 aliphatic carbocycles. The summed E-state index contributed by atoms with van der Waals surface area (Å²) in [6, 6.07) is 25.6. The fourth-order valence-electron chi connectivity index (χ4n) is 2.96. The Morgan fingerprint density at radius 1 is 0.808 bits per heavy atom. The molecule has 0 atom stereocenters. The Bertz CT molecular complexity index is 1110. The summed E-state index contributed by atoms with van der Waals surface area (Å²) < 4.78 is 0. The van der Waals surface area contributed by atoms with Crippen LogP contribution in [-0.4, -0.2) is 16.1 Å². The third-order valence-corrected chi connectivity index (χ3v) is 4.25. The zero-order valence-corrected chi connectivity index (χ0v) is 13.9. The standard InChI is InChI=1S/C22H16N2O2/c25-22(26)20-9-4-12-23-21(20)24-19-8-3-7-17(14-19)18-11-10-15-5-1-2-6-16(15)13-18/h1-14H,(H,23,24)(H,25,26). The average molecular weight is 340 g/mol. The van der Waals surface area contributed by atoms with E-state index < -0.39 is 5.97 Å². The first-order valence-electron chi connectivity index (χ1n) is 8.25. The molecule has 4 aromatic rings. The van der Waals surface area contributed by atoms with E-state index in [1.165, 1.54) is 16.8 Å². The SMILES string of the molecule is O=C(O)c1cccnc1Nc1cccc(-c2ccc3ccccc3c2)c1. The van der Waals surface area contributed by atoms with Crippen LogP contribution in [0.15, 0.2) is 85.1 Å². The number of aromatic carboxylic acids is 1. The first-order valence-corrected chi connectivity index (χ1v) is 8.25. The second kappa shape index (κ2) is 6.69. The van der Waals surface area contributed by atoms with E-state index in [1.807, 2.05) is 36.4 Å². The van der Waals surface area contributed by atoms with Crippen molar-refractivity contribution in [1.82, 2.24) is 4.98 Å². The van der Waals surface area contributed by atoms with Crippen molar-refractivity contribution in [3.63, 3.8) is 0 Å². The van der Waals surface area contributed by atoms with Crippen molar-refractivity contribution >= 4 is 28.2 Å². The lowest BCUT2D eigenvalue weighted by Crippen LogP contribution is -2.04. The quantitative estimate of drug-likeness (QED) is 0.526. The minimum absolute atomic E-state index is 0.142. The molecule has 0 amide bonds. The number of nitrogens with zero attached hydrogens (tertiary/aromatic N) is 1. The van der Waals surface area contributed by atoms with Gasteiger partial charge in [-0.25, -0.2) is 9.78 Å². The van der Waals surface area contributed by atoms with Gasteiger partial charge >= 0.3 is 5.97 Å².